The number of nitrogens with two attached hydrogens (primary N) is 1. The molecule has 0 saturated carbocycles. The van der Waals surface area contributed by atoms with Crippen LogP contribution in [-0.2, 0) is 0 Å². The monoisotopic (exact) mass is 482 g/mol. The largest absolute Gasteiger partial charge is 0.491 e. The van der Waals surface area contributed by atoms with Crippen molar-refractivity contribution in [2.45, 2.75) is 25.9 Å². The lowest BCUT2D eigenvalue weighted by Crippen LogP contribution is -2.21. The molecule has 182 valence electrons. The van der Waals surface area contributed by atoms with Gasteiger partial charge in [0.05, 0.1) is 17.6 Å². The molecule has 1 unspecified atom stereocenters. The van der Waals surface area contributed by atoms with E-state index in [9.17, 15) is 10.1 Å². The molecule has 7 heteroatoms. The van der Waals surface area contributed by atoms with Gasteiger partial charge in [0.2, 0.25) is 5.88 Å². The maximum absolute atomic E-state index is 12.7. The summed E-state index contributed by atoms with van der Waals surface area (Å²) in [5.74, 6) is 1.01. The summed E-state index contributed by atoms with van der Waals surface area (Å²) in [6.45, 7) is 7.89. The molecule has 3 aromatic rings. The Labute approximate surface area is 210 Å². The zero-order valence-corrected chi connectivity index (χ0v) is 20.1. The first-order chi connectivity index (χ1) is 17.4. The number of hydrogen-bond donors (Lipinski definition) is 1. The Kier molecular flexibility index (Phi) is 7.26. The predicted molar refractivity (Wildman–Crippen MR) is 135 cm³/mol. The van der Waals surface area contributed by atoms with E-state index in [1.807, 2.05) is 38.1 Å². The lowest BCUT2D eigenvalue weighted by Gasteiger charge is -2.27. The summed E-state index contributed by atoms with van der Waals surface area (Å²) in [7, 11) is 0. The molecule has 0 aromatic heterocycles. The van der Waals surface area contributed by atoms with Gasteiger partial charge in [0.25, 0.3) is 0 Å². The molecule has 2 N–H and O–H groups in total. The minimum absolute atomic E-state index is 0.00312. The standard InChI is InChI=1S/C29H26N2O5/c1-4-14-33-22-7-5-6-20(15-22)27-24-13-12-23(16-26(24)36-28(31)25(27)17-30)35-29(32)19-8-10-21(11-9-19)34-18(2)3/h4-13,15-16,18,27H,1,14,31H2,2-3H3. The van der Waals surface area contributed by atoms with Crippen molar-refractivity contribution in [2.75, 3.05) is 6.61 Å². The summed E-state index contributed by atoms with van der Waals surface area (Å²) in [5.41, 5.74) is 8.31. The number of carbonyl (C=O) groups is 1. The van der Waals surface area contributed by atoms with Gasteiger partial charge in [-0.15, -0.1) is 0 Å². The quantitative estimate of drug-likeness (QED) is 0.258. The van der Waals surface area contributed by atoms with Gasteiger partial charge in [-0.3, -0.25) is 0 Å². The van der Waals surface area contributed by atoms with Crippen LogP contribution < -0.4 is 24.7 Å². The molecule has 7 nitrogen and oxygen atoms in total. The average Bonchev–Trinajstić information content (AvgIpc) is 2.86. The number of carbonyl (C=O) groups excluding carboxylic acids is 1. The summed E-state index contributed by atoms with van der Waals surface area (Å²) in [4.78, 5) is 12.7. The third kappa shape index (κ3) is 5.34. The van der Waals surface area contributed by atoms with E-state index in [0.29, 0.717) is 29.4 Å². The minimum Gasteiger partial charge on any atom is -0.491 e. The van der Waals surface area contributed by atoms with Gasteiger partial charge < -0.3 is 24.7 Å². The Morgan fingerprint density at radius 2 is 1.86 bits per heavy atom. The second kappa shape index (κ2) is 10.7. The molecule has 0 spiro atoms. The number of benzene rings is 3. The SMILES string of the molecule is C=CCOc1cccc(C2C(C#N)=C(N)Oc3cc(OC(=O)c4ccc(OC(C)C)cc4)ccc32)c1. The molecular formula is C29H26N2O5. The van der Waals surface area contributed by atoms with E-state index in [2.05, 4.69) is 12.6 Å². The highest BCUT2D eigenvalue weighted by Gasteiger charge is 2.31. The Morgan fingerprint density at radius 3 is 2.56 bits per heavy atom. The van der Waals surface area contributed by atoms with Gasteiger partial charge in [-0.25, -0.2) is 4.79 Å². The van der Waals surface area contributed by atoms with E-state index in [-0.39, 0.29) is 23.3 Å². The van der Waals surface area contributed by atoms with Crippen molar-refractivity contribution >= 4 is 5.97 Å². The van der Waals surface area contributed by atoms with Crippen LogP contribution in [0.1, 0.15) is 41.3 Å². The fourth-order valence-corrected chi connectivity index (χ4v) is 3.89. The molecule has 0 amide bonds. The molecule has 4 rings (SSSR count). The van der Waals surface area contributed by atoms with Gasteiger partial charge >= 0.3 is 5.97 Å². The van der Waals surface area contributed by atoms with Crippen LogP contribution in [0.4, 0.5) is 0 Å². The van der Waals surface area contributed by atoms with Crippen LogP contribution in [0.3, 0.4) is 0 Å². The first-order valence-electron chi connectivity index (χ1n) is 11.4. The predicted octanol–water partition coefficient (Wildman–Crippen LogP) is 5.48. The normalized spacial score (nSPS) is 14.3. The van der Waals surface area contributed by atoms with Crippen LogP contribution in [-0.4, -0.2) is 18.7 Å². The Bertz CT molecular complexity index is 1350. The number of fused-ring (bicyclic) bond motifs is 1. The third-order valence-corrected chi connectivity index (χ3v) is 5.42. The highest BCUT2D eigenvalue weighted by Crippen LogP contribution is 2.44. The van der Waals surface area contributed by atoms with Crippen molar-refractivity contribution < 1.29 is 23.7 Å². The molecule has 1 atom stereocenters. The number of hydrogen-bond acceptors (Lipinski definition) is 7. The summed E-state index contributed by atoms with van der Waals surface area (Å²) in [5, 5.41) is 9.81. The fourth-order valence-electron chi connectivity index (χ4n) is 3.89. The average molecular weight is 483 g/mol. The first-order valence-corrected chi connectivity index (χ1v) is 11.4. The van der Waals surface area contributed by atoms with E-state index >= 15 is 0 Å². The van der Waals surface area contributed by atoms with Crippen molar-refractivity contribution in [1.82, 2.24) is 0 Å². The molecule has 1 aliphatic heterocycles. The van der Waals surface area contributed by atoms with Crippen LogP contribution in [0.25, 0.3) is 0 Å². The van der Waals surface area contributed by atoms with Crippen LogP contribution >= 0.6 is 0 Å². The lowest BCUT2D eigenvalue weighted by molar-refractivity contribution is 0.0734. The smallest absolute Gasteiger partial charge is 0.343 e. The van der Waals surface area contributed by atoms with Crippen molar-refractivity contribution in [3.63, 3.8) is 0 Å². The Balaban J connectivity index is 1.60. The molecular weight excluding hydrogens is 456 g/mol. The molecule has 3 aromatic carbocycles. The molecule has 1 heterocycles. The summed E-state index contributed by atoms with van der Waals surface area (Å²) < 4.78 is 22.6. The van der Waals surface area contributed by atoms with Gasteiger partial charge in [-0.2, -0.15) is 5.26 Å². The lowest BCUT2D eigenvalue weighted by atomic mass is 9.83. The Morgan fingerprint density at radius 1 is 1.11 bits per heavy atom. The highest BCUT2D eigenvalue weighted by atomic mass is 16.5. The molecule has 1 aliphatic rings. The molecule has 0 bridgehead atoms. The molecule has 0 radical (unpaired) electrons. The van der Waals surface area contributed by atoms with Gasteiger partial charge in [-0.05, 0) is 61.9 Å². The second-order valence-electron chi connectivity index (χ2n) is 8.38. The third-order valence-electron chi connectivity index (χ3n) is 5.42. The highest BCUT2D eigenvalue weighted by molar-refractivity contribution is 5.91. The number of ether oxygens (including phenoxy) is 4. The Hall–Kier alpha value is -4.70. The number of rotatable bonds is 8. The summed E-state index contributed by atoms with van der Waals surface area (Å²) in [6, 6.07) is 21.4. The van der Waals surface area contributed by atoms with Crippen molar-refractivity contribution in [2.24, 2.45) is 5.73 Å². The van der Waals surface area contributed by atoms with Gasteiger partial charge in [-0.1, -0.05) is 30.9 Å². The maximum atomic E-state index is 12.7. The number of nitriles is 1. The molecule has 36 heavy (non-hydrogen) atoms. The maximum Gasteiger partial charge on any atom is 0.343 e. The van der Waals surface area contributed by atoms with Crippen LogP contribution in [0.5, 0.6) is 23.0 Å². The van der Waals surface area contributed by atoms with Crippen LogP contribution in [0, 0.1) is 11.3 Å². The molecule has 0 aliphatic carbocycles. The van der Waals surface area contributed by atoms with Gasteiger partial charge in [0.1, 0.15) is 41.2 Å². The van der Waals surface area contributed by atoms with Crippen LogP contribution in [0.2, 0.25) is 0 Å². The first kappa shape index (κ1) is 24.4. The van der Waals surface area contributed by atoms with Gasteiger partial charge in [0.15, 0.2) is 0 Å². The minimum atomic E-state index is -0.522. The molecule has 0 fully saturated rings. The van der Waals surface area contributed by atoms with Crippen molar-refractivity contribution in [3.8, 4) is 29.1 Å². The van der Waals surface area contributed by atoms with Crippen molar-refractivity contribution in [1.29, 1.82) is 5.26 Å². The van der Waals surface area contributed by atoms with E-state index in [1.165, 1.54) is 0 Å². The van der Waals surface area contributed by atoms with E-state index in [4.69, 9.17) is 24.7 Å². The van der Waals surface area contributed by atoms with E-state index in [0.717, 1.165) is 11.1 Å². The second-order valence-corrected chi connectivity index (χ2v) is 8.38. The van der Waals surface area contributed by atoms with E-state index < -0.39 is 11.9 Å². The van der Waals surface area contributed by atoms with Crippen LogP contribution in [0.15, 0.2) is 90.8 Å². The van der Waals surface area contributed by atoms with Crippen molar-refractivity contribution in [3.05, 3.63) is 108 Å². The topological polar surface area (TPSA) is 104 Å². The van der Waals surface area contributed by atoms with E-state index in [1.54, 1.807) is 48.5 Å². The number of nitrogens with zero attached hydrogens (tertiary/aromatic N) is 1. The zero-order valence-electron chi connectivity index (χ0n) is 20.1. The number of allylic oxidation sites excluding steroid dienone is 1. The van der Waals surface area contributed by atoms with Gasteiger partial charge in [0, 0.05) is 11.6 Å². The fraction of sp³-hybridized carbons (Fsp3) is 0.172. The summed E-state index contributed by atoms with van der Waals surface area (Å²) >= 11 is 0. The summed E-state index contributed by atoms with van der Waals surface area (Å²) in [6.07, 6.45) is 1.69. The molecule has 0 saturated heterocycles. The zero-order chi connectivity index (χ0) is 25.7. The number of esters is 1.